The number of fused-ring (bicyclic) bond motifs is 1. The topological polar surface area (TPSA) is 83.9 Å². The zero-order valence-corrected chi connectivity index (χ0v) is 15.3. The lowest BCUT2D eigenvalue weighted by Gasteiger charge is -2.35. The van der Waals surface area contributed by atoms with E-state index in [-0.39, 0.29) is 11.6 Å². The monoisotopic (exact) mass is 423 g/mol. The summed E-state index contributed by atoms with van der Waals surface area (Å²) in [6.07, 6.45) is -7.13. The van der Waals surface area contributed by atoms with Gasteiger partial charge in [-0.15, -0.1) is 0 Å². The molecular weight excluding hydrogens is 404 g/mol. The van der Waals surface area contributed by atoms with Crippen LogP contribution in [-0.2, 0) is 11.0 Å². The van der Waals surface area contributed by atoms with E-state index in [1.165, 1.54) is 6.20 Å². The smallest absolute Gasteiger partial charge is 0.430 e. The van der Waals surface area contributed by atoms with Gasteiger partial charge in [0.1, 0.15) is 12.0 Å². The van der Waals surface area contributed by atoms with Crippen LogP contribution in [0.5, 0.6) is 0 Å². The van der Waals surface area contributed by atoms with Crippen LogP contribution in [-0.4, -0.2) is 36.3 Å². The van der Waals surface area contributed by atoms with Crippen molar-refractivity contribution in [2.45, 2.75) is 31.7 Å². The van der Waals surface area contributed by atoms with Crippen LogP contribution in [0.3, 0.4) is 0 Å². The van der Waals surface area contributed by atoms with Crippen LogP contribution >= 0.6 is 0 Å². The second-order valence-corrected chi connectivity index (χ2v) is 6.93. The Morgan fingerprint density at radius 3 is 2.31 bits per heavy atom. The maximum absolute atomic E-state index is 13.2. The van der Waals surface area contributed by atoms with Gasteiger partial charge < -0.3 is 20.5 Å². The molecule has 2 heterocycles. The molecule has 2 aromatic rings. The van der Waals surface area contributed by atoms with Gasteiger partial charge in [0.2, 0.25) is 0 Å². The lowest BCUT2D eigenvalue weighted by molar-refractivity contribution is -0.421. The summed E-state index contributed by atoms with van der Waals surface area (Å²) in [4.78, 5) is 14.9. The molecule has 3 rings (SSSR count). The summed E-state index contributed by atoms with van der Waals surface area (Å²) in [6, 6.07) is 6.39. The predicted octanol–water partition coefficient (Wildman–Crippen LogP) is 2.01. The SMILES string of the molecule is C[C@H]1C[C@@H]([NH3+])CN(c2ccc(C(F)(F)F)c3ncccc23)C1.O=C([O-])C(F)(F)F. The van der Waals surface area contributed by atoms with Crippen LogP contribution in [0.2, 0.25) is 0 Å². The fourth-order valence-corrected chi connectivity index (χ4v) is 3.34. The molecule has 3 N–H and O–H groups in total. The maximum Gasteiger partial charge on any atom is 0.430 e. The number of hydrogen-bond acceptors (Lipinski definition) is 4. The molecule has 0 radical (unpaired) electrons. The molecule has 160 valence electrons. The lowest BCUT2D eigenvalue weighted by atomic mass is 9.95. The molecular formula is C18H19F6N3O2. The summed E-state index contributed by atoms with van der Waals surface area (Å²) in [5, 5.41) is 9.34. The van der Waals surface area contributed by atoms with Crippen molar-refractivity contribution in [2.75, 3.05) is 18.0 Å². The zero-order valence-electron chi connectivity index (χ0n) is 15.3. The van der Waals surface area contributed by atoms with Crippen molar-refractivity contribution in [3.63, 3.8) is 0 Å². The Labute approximate surface area is 162 Å². The van der Waals surface area contributed by atoms with Gasteiger partial charge in [-0.3, -0.25) is 4.98 Å². The van der Waals surface area contributed by atoms with Crippen molar-refractivity contribution in [3.05, 3.63) is 36.0 Å². The number of carboxylic acid groups (broad SMARTS) is 1. The number of aromatic nitrogens is 1. The second kappa shape index (κ2) is 8.44. The van der Waals surface area contributed by atoms with Crippen LogP contribution in [0.15, 0.2) is 30.5 Å². The number of nitrogens with zero attached hydrogens (tertiary/aromatic N) is 2. The van der Waals surface area contributed by atoms with E-state index in [0.717, 1.165) is 31.3 Å². The minimum absolute atomic E-state index is 0.0198. The van der Waals surface area contributed by atoms with Crippen molar-refractivity contribution >= 4 is 22.6 Å². The third-order valence-electron chi connectivity index (χ3n) is 4.37. The van der Waals surface area contributed by atoms with Gasteiger partial charge >= 0.3 is 12.4 Å². The highest BCUT2D eigenvalue weighted by Crippen LogP contribution is 2.38. The molecule has 1 aliphatic heterocycles. The van der Waals surface area contributed by atoms with Gasteiger partial charge in [-0.2, -0.15) is 26.3 Å². The van der Waals surface area contributed by atoms with E-state index >= 15 is 0 Å². The van der Waals surface area contributed by atoms with Crippen LogP contribution < -0.4 is 15.7 Å². The van der Waals surface area contributed by atoms with E-state index in [2.05, 4.69) is 22.5 Å². The number of carbonyl (C=O) groups excluding carboxylic acids is 1. The number of rotatable bonds is 1. The molecule has 2 atom stereocenters. The highest BCUT2D eigenvalue weighted by Gasteiger charge is 2.34. The Balaban J connectivity index is 0.000000370. The van der Waals surface area contributed by atoms with E-state index in [0.29, 0.717) is 11.3 Å². The van der Waals surface area contributed by atoms with E-state index in [4.69, 9.17) is 9.90 Å². The maximum atomic E-state index is 13.2. The molecule has 0 spiro atoms. The van der Waals surface area contributed by atoms with Crippen molar-refractivity contribution in [1.82, 2.24) is 4.98 Å². The summed E-state index contributed by atoms with van der Waals surface area (Å²) >= 11 is 0. The van der Waals surface area contributed by atoms with Gasteiger partial charge in [0.05, 0.1) is 17.6 Å². The quantitative estimate of drug-likeness (QED) is 0.712. The Hall–Kier alpha value is -2.56. The fourth-order valence-electron chi connectivity index (χ4n) is 3.34. The van der Waals surface area contributed by atoms with Gasteiger partial charge in [-0.05, 0) is 30.2 Å². The number of benzene rings is 1. The Bertz CT molecular complexity index is 859. The highest BCUT2D eigenvalue weighted by molar-refractivity contribution is 5.94. The van der Waals surface area contributed by atoms with Gasteiger partial charge in [0, 0.05) is 30.2 Å². The average Bonchev–Trinajstić information content (AvgIpc) is 2.58. The standard InChI is InChI=1S/C16H18F3N3.C2HF3O2/c1-10-7-11(20)9-22(8-10)14-5-4-13(16(17,18)19)15-12(14)3-2-6-21-15;3-2(4,5)1(6)7/h2-6,10-11H,7-9,20H2,1H3;(H,6,7)/t10-,11+;/m0./s1. The first-order valence-corrected chi connectivity index (χ1v) is 8.61. The molecule has 29 heavy (non-hydrogen) atoms. The molecule has 0 saturated carbocycles. The number of pyridine rings is 1. The largest absolute Gasteiger partial charge is 0.542 e. The first-order valence-electron chi connectivity index (χ1n) is 8.61. The van der Waals surface area contributed by atoms with Gasteiger partial charge in [-0.25, -0.2) is 0 Å². The number of carbonyl (C=O) groups is 1. The van der Waals surface area contributed by atoms with Crippen molar-refractivity contribution < 1.29 is 42.0 Å². The molecule has 11 heteroatoms. The summed E-state index contributed by atoms with van der Waals surface area (Å²) in [5.41, 5.74) is 4.28. The Morgan fingerprint density at radius 2 is 1.79 bits per heavy atom. The van der Waals surface area contributed by atoms with E-state index in [1.807, 2.05) is 0 Å². The summed E-state index contributed by atoms with van der Waals surface area (Å²) in [6.45, 7) is 3.75. The molecule has 0 amide bonds. The third kappa shape index (κ3) is 5.72. The van der Waals surface area contributed by atoms with Crippen LogP contribution in [0.4, 0.5) is 32.0 Å². The summed E-state index contributed by atoms with van der Waals surface area (Å²) in [5.74, 6) is -2.53. The van der Waals surface area contributed by atoms with Crippen molar-refractivity contribution in [3.8, 4) is 0 Å². The molecule has 1 aliphatic rings. The lowest BCUT2D eigenvalue weighted by Crippen LogP contribution is -2.68. The summed E-state index contributed by atoms with van der Waals surface area (Å²) in [7, 11) is 0. The highest BCUT2D eigenvalue weighted by atomic mass is 19.4. The van der Waals surface area contributed by atoms with Crippen molar-refractivity contribution in [1.29, 1.82) is 0 Å². The van der Waals surface area contributed by atoms with Crippen LogP contribution in [0.25, 0.3) is 10.9 Å². The van der Waals surface area contributed by atoms with Crippen LogP contribution in [0.1, 0.15) is 18.9 Å². The number of quaternary nitrogens is 1. The molecule has 1 aromatic carbocycles. The fraction of sp³-hybridized carbons (Fsp3) is 0.444. The van der Waals surface area contributed by atoms with Gasteiger partial charge in [-0.1, -0.05) is 6.92 Å². The van der Waals surface area contributed by atoms with Gasteiger partial charge in [0.15, 0.2) is 0 Å². The minimum Gasteiger partial charge on any atom is -0.542 e. The molecule has 0 unspecified atom stereocenters. The van der Waals surface area contributed by atoms with E-state index in [1.54, 1.807) is 18.2 Å². The summed E-state index contributed by atoms with van der Waals surface area (Å²) < 4.78 is 71.0. The zero-order chi connectivity index (χ0) is 22.0. The molecule has 0 bridgehead atoms. The Morgan fingerprint density at radius 1 is 1.17 bits per heavy atom. The predicted molar refractivity (Wildman–Crippen MR) is 90.5 cm³/mol. The number of anilines is 1. The van der Waals surface area contributed by atoms with E-state index in [9.17, 15) is 26.3 Å². The number of halogens is 6. The van der Waals surface area contributed by atoms with Crippen LogP contribution in [0, 0.1) is 5.92 Å². The molecule has 1 aromatic heterocycles. The molecule has 1 saturated heterocycles. The third-order valence-corrected chi connectivity index (χ3v) is 4.37. The second-order valence-electron chi connectivity index (χ2n) is 6.93. The average molecular weight is 423 g/mol. The number of alkyl halides is 6. The first-order chi connectivity index (χ1) is 13.3. The number of carboxylic acids is 1. The van der Waals surface area contributed by atoms with Gasteiger partial charge in [0.25, 0.3) is 0 Å². The molecule has 5 nitrogen and oxygen atoms in total. The normalized spacial score (nSPS) is 20.2. The Kier molecular flexibility index (Phi) is 6.61. The number of aliphatic carboxylic acids is 1. The molecule has 1 fully saturated rings. The van der Waals surface area contributed by atoms with Crippen molar-refractivity contribution in [2.24, 2.45) is 5.92 Å². The number of hydrogen-bond donors (Lipinski definition) is 1. The number of piperidine rings is 1. The van der Waals surface area contributed by atoms with E-state index < -0.39 is 23.9 Å². The first kappa shape index (κ1) is 22.7. The minimum atomic E-state index is -5.19. The molecule has 0 aliphatic carbocycles.